The molecule has 0 aliphatic carbocycles. The maximum Gasteiger partial charge on any atom is 0.196 e. The fraction of sp³-hybridized carbons (Fsp3) is 0.214. The second kappa shape index (κ2) is 7.07. The van der Waals surface area contributed by atoms with Crippen molar-refractivity contribution in [2.75, 3.05) is 5.75 Å². The smallest absolute Gasteiger partial charge is 0.196 e. The third-order valence-electron chi connectivity index (χ3n) is 3.07. The van der Waals surface area contributed by atoms with Gasteiger partial charge in [0.05, 0.1) is 21.9 Å². The van der Waals surface area contributed by atoms with E-state index in [-0.39, 0.29) is 11.5 Å². The summed E-state index contributed by atoms with van der Waals surface area (Å²) >= 11 is 14.5. The minimum atomic E-state index is -0.873. The summed E-state index contributed by atoms with van der Waals surface area (Å²) in [7, 11) is 0. The van der Waals surface area contributed by atoms with Gasteiger partial charge in [0.15, 0.2) is 22.5 Å². The second-order valence-corrected chi connectivity index (χ2v) is 7.50. The highest BCUT2D eigenvalue weighted by Gasteiger charge is 2.24. The van der Waals surface area contributed by atoms with Crippen molar-refractivity contribution in [3.8, 4) is 6.07 Å². The number of thioether (sulfide) groups is 1. The molecule has 0 bridgehead atoms. The van der Waals surface area contributed by atoms with Gasteiger partial charge >= 0.3 is 0 Å². The van der Waals surface area contributed by atoms with Gasteiger partial charge in [-0.3, -0.25) is 9.20 Å². The van der Waals surface area contributed by atoms with Gasteiger partial charge in [-0.15, -0.1) is 21.5 Å². The first kappa shape index (κ1) is 17.2. The number of thiazole rings is 1. The van der Waals surface area contributed by atoms with E-state index >= 15 is 0 Å². The number of fused-ring (bicyclic) bond motifs is 1. The van der Waals surface area contributed by atoms with Crippen molar-refractivity contribution in [3.05, 3.63) is 38.4 Å². The standard InChI is InChI=1S/C14H9Cl2N5OS2/c1-7-5-23-13(18-7)9(3-17)11(22)6-24-14-20-19-12-10(16)2-8(15)4-21(12)14/h2,4-5,9H,6H2,1H3. The van der Waals surface area contributed by atoms with E-state index in [1.54, 1.807) is 16.7 Å². The maximum absolute atomic E-state index is 12.4. The Balaban J connectivity index is 1.78. The fourth-order valence-electron chi connectivity index (χ4n) is 1.99. The van der Waals surface area contributed by atoms with Crippen LogP contribution in [0.15, 0.2) is 22.8 Å². The Morgan fingerprint density at radius 1 is 1.50 bits per heavy atom. The highest BCUT2D eigenvalue weighted by atomic mass is 35.5. The molecule has 0 aromatic carbocycles. The van der Waals surface area contributed by atoms with Crippen LogP contribution in [-0.4, -0.2) is 31.1 Å². The van der Waals surface area contributed by atoms with E-state index in [1.807, 2.05) is 18.4 Å². The molecule has 10 heteroatoms. The van der Waals surface area contributed by atoms with E-state index in [9.17, 15) is 10.1 Å². The van der Waals surface area contributed by atoms with Crippen LogP contribution in [0.4, 0.5) is 0 Å². The van der Waals surface area contributed by atoms with Crippen LogP contribution < -0.4 is 0 Å². The van der Waals surface area contributed by atoms with Crippen molar-refractivity contribution in [2.24, 2.45) is 0 Å². The number of carbonyl (C=O) groups excluding carboxylic acids is 1. The van der Waals surface area contributed by atoms with Gasteiger partial charge in [-0.2, -0.15) is 5.26 Å². The molecule has 1 atom stereocenters. The molecule has 0 fully saturated rings. The van der Waals surface area contributed by atoms with Crippen molar-refractivity contribution in [2.45, 2.75) is 18.0 Å². The van der Waals surface area contributed by atoms with Crippen molar-refractivity contribution in [1.82, 2.24) is 19.6 Å². The zero-order valence-corrected chi connectivity index (χ0v) is 15.4. The van der Waals surface area contributed by atoms with Gasteiger partial charge in [0.25, 0.3) is 0 Å². The largest absolute Gasteiger partial charge is 0.297 e. The summed E-state index contributed by atoms with van der Waals surface area (Å²) in [6.07, 6.45) is 1.63. The molecule has 24 heavy (non-hydrogen) atoms. The number of aromatic nitrogens is 4. The molecule has 0 saturated carbocycles. The number of nitrogens with zero attached hydrogens (tertiary/aromatic N) is 5. The molecule has 3 aromatic heterocycles. The van der Waals surface area contributed by atoms with Crippen LogP contribution in [0.3, 0.4) is 0 Å². The van der Waals surface area contributed by atoms with E-state index in [0.717, 1.165) is 5.69 Å². The monoisotopic (exact) mass is 397 g/mol. The lowest BCUT2D eigenvalue weighted by Gasteiger charge is -2.04. The molecule has 122 valence electrons. The molecule has 0 aliphatic rings. The van der Waals surface area contributed by atoms with Crippen LogP contribution in [0.2, 0.25) is 10.0 Å². The third-order valence-corrected chi connectivity index (χ3v) is 5.55. The molecule has 3 rings (SSSR count). The van der Waals surface area contributed by atoms with Crippen molar-refractivity contribution >= 4 is 57.7 Å². The first-order chi connectivity index (χ1) is 11.5. The number of carbonyl (C=O) groups is 1. The number of halogens is 2. The second-order valence-electron chi connectivity index (χ2n) is 4.83. The number of Topliss-reactive ketones (excluding diaryl/α,β-unsaturated/α-hetero) is 1. The molecule has 6 nitrogen and oxygen atoms in total. The number of rotatable bonds is 5. The van der Waals surface area contributed by atoms with Gasteiger partial charge in [0, 0.05) is 17.3 Å². The van der Waals surface area contributed by atoms with Gasteiger partial charge in [-0.25, -0.2) is 4.98 Å². The summed E-state index contributed by atoms with van der Waals surface area (Å²) in [6, 6.07) is 3.59. The number of hydrogen-bond donors (Lipinski definition) is 0. The number of nitriles is 1. The molecule has 0 spiro atoms. The summed E-state index contributed by atoms with van der Waals surface area (Å²) < 4.78 is 1.62. The summed E-state index contributed by atoms with van der Waals surface area (Å²) in [5.41, 5.74) is 1.26. The third kappa shape index (κ3) is 3.39. The maximum atomic E-state index is 12.4. The molecule has 0 aliphatic heterocycles. The Morgan fingerprint density at radius 3 is 2.96 bits per heavy atom. The van der Waals surface area contributed by atoms with Crippen LogP contribution in [0.1, 0.15) is 16.6 Å². The lowest BCUT2D eigenvalue weighted by Crippen LogP contribution is -2.13. The van der Waals surface area contributed by atoms with Gasteiger partial charge in [0.2, 0.25) is 0 Å². The van der Waals surface area contributed by atoms with E-state index in [4.69, 9.17) is 23.2 Å². The Bertz CT molecular complexity index is 962. The van der Waals surface area contributed by atoms with Crippen molar-refractivity contribution < 1.29 is 4.79 Å². The molecule has 0 N–H and O–H groups in total. The Kier molecular flexibility index (Phi) is 5.06. The Labute approximate surface area is 155 Å². The summed E-state index contributed by atoms with van der Waals surface area (Å²) in [5, 5.41) is 20.9. The van der Waals surface area contributed by atoms with E-state index in [1.165, 1.54) is 23.1 Å². The highest BCUT2D eigenvalue weighted by molar-refractivity contribution is 7.99. The van der Waals surface area contributed by atoms with E-state index in [0.29, 0.717) is 25.9 Å². The lowest BCUT2D eigenvalue weighted by atomic mass is 10.1. The molecule has 1 unspecified atom stereocenters. The number of hydrogen-bond acceptors (Lipinski definition) is 7. The normalized spacial score (nSPS) is 12.2. The molecule has 3 heterocycles. The molecule has 0 radical (unpaired) electrons. The average Bonchev–Trinajstić information content (AvgIpc) is 3.13. The van der Waals surface area contributed by atoms with E-state index in [2.05, 4.69) is 15.2 Å². The Morgan fingerprint density at radius 2 is 2.29 bits per heavy atom. The molecular formula is C14H9Cl2N5OS2. The van der Waals surface area contributed by atoms with Gasteiger partial charge < -0.3 is 0 Å². The minimum absolute atomic E-state index is 0.0712. The first-order valence-corrected chi connectivity index (χ1v) is 9.28. The van der Waals surface area contributed by atoms with Crippen LogP contribution in [0.5, 0.6) is 0 Å². The van der Waals surface area contributed by atoms with Gasteiger partial charge in [-0.05, 0) is 13.0 Å². The van der Waals surface area contributed by atoms with Crippen molar-refractivity contribution in [3.63, 3.8) is 0 Å². The zero-order chi connectivity index (χ0) is 17.3. The first-order valence-electron chi connectivity index (χ1n) is 6.66. The van der Waals surface area contributed by atoms with Gasteiger partial charge in [0.1, 0.15) is 5.01 Å². The topological polar surface area (TPSA) is 83.9 Å². The molecule has 0 amide bonds. The quantitative estimate of drug-likeness (QED) is 0.609. The average molecular weight is 398 g/mol. The Hall–Kier alpha value is -1.66. The molecule has 3 aromatic rings. The van der Waals surface area contributed by atoms with Crippen LogP contribution >= 0.6 is 46.3 Å². The van der Waals surface area contributed by atoms with E-state index < -0.39 is 5.92 Å². The number of ketones is 1. The predicted octanol–water partition coefficient (Wildman–Crippen LogP) is 3.77. The summed E-state index contributed by atoms with van der Waals surface area (Å²) in [6.45, 7) is 1.82. The predicted molar refractivity (Wildman–Crippen MR) is 93.9 cm³/mol. The van der Waals surface area contributed by atoms with Crippen LogP contribution in [0, 0.1) is 18.3 Å². The summed E-state index contributed by atoms with van der Waals surface area (Å²) in [5.74, 6) is -1.04. The molecule has 0 saturated heterocycles. The van der Waals surface area contributed by atoms with Crippen LogP contribution in [0.25, 0.3) is 5.65 Å². The van der Waals surface area contributed by atoms with Crippen LogP contribution in [-0.2, 0) is 4.79 Å². The SMILES string of the molecule is Cc1csc(C(C#N)C(=O)CSc2nnc3c(Cl)cc(Cl)cn23)n1. The molecular weight excluding hydrogens is 389 g/mol. The highest BCUT2D eigenvalue weighted by Crippen LogP contribution is 2.27. The fourth-order valence-corrected chi connectivity index (χ4v) is 4.17. The number of pyridine rings is 1. The number of aryl methyl sites for hydroxylation is 1. The zero-order valence-electron chi connectivity index (χ0n) is 12.2. The van der Waals surface area contributed by atoms with Gasteiger partial charge in [-0.1, -0.05) is 35.0 Å². The lowest BCUT2D eigenvalue weighted by molar-refractivity contribution is -0.116. The minimum Gasteiger partial charge on any atom is -0.297 e. The van der Waals surface area contributed by atoms with Crippen molar-refractivity contribution in [1.29, 1.82) is 5.26 Å². The summed E-state index contributed by atoms with van der Waals surface area (Å²) in [4.78, 5) is 16.6.